The van der Waals surface area contributed by atoms with Crippen molar-refractivity contribution in [2.75, 3.05) is 11.9 Å². The van der Waals surface area contributed by atoms with Gasteiger partial charge in [0.1, 0.15) is 5.83 Å². The molecule has 34 heavy (non-hydrogen) atoms. The van der Waals surface area contributed by atoms with Gasteiger partial charge in [0.15, 0.2) is 5.13 Å². The molecule has 2 amide bonds. The van der Waals surface area contributed by atoms with Crippen molar-refractivity contribution in [3.05, 3.63) is 70.0 Å². The van der Waals surface area contributed by atoms with E-state index in [2.05, 4.69) is 15.6 Å². The van der Waals surface area contributed by atoms with E-state index >= 15 is 0 Å². The number of anilines is 1. The predicted molar refractivity (Wildman–Crippen MR) is 130 cm³/mol. The number of hydrogen-bond donors (Lipinski definition) is 3. The smallest absolute Gasteiger partial charge is 0.335 e. The number of carboxylic acid groups (broad SMARTS) is 1. The number of hydrogen-bond acceptors (Lipinski definition) is 5. The van der Waals surface area contributed by atoms with Crippen LogP contribution in [0.5, 0.6) is 0 Å². The highest BCUT2D eigenvalue weighted by Crippen LogP contribution is 2.48. The zero-order chi connectivity index (χ0) is 25.3. The fourth-order valence-corrected chi connectivity index (χ4v) is 4.11. The highest BCUT2D eigenvalue weighted by atomic mass is 32.1. The second-order valence-corrected chi connectivity index (χ2v) is 10.9. The number of aromatic nitrogens is 1. The van der Waals surface area contributed by atoms with Crippen molar-refractivity contribution >= 4 is 34.3 Å². The summed E-state index contributed by atoms with van der Waals surface area (Å²) in [6, 6.07) is 4.61. The zero-order valence-corrected chi connectivity index (χ0v) is 20.5. The second-order valence-electron chi connectivity index (χ2n) is 9.96. The Morgan fingerprint density at radius 1 is 1.21 bits per heavy atom. The minimum atomic E-state index is -1.26. The van der Waals surface area contributed by atoms with Crippen LogP contribution in [0.1, 0.15) is 66.8 Å². The fourth-order valence-electron chi connectivity index (χ4n) is 3.58. The van der Waals surface area contributed by atoms with E-state index in [0.717, 1.165) is 6.08 Å². The highest BCUT2D eigenvalue weighted by Gasteiger charge is 2.39. The van der Waals surface area contributed by atoms with Crippen LogP contribution in [0, 0.1) is 10.8 Å². The Morgan fingerprint density at radius 3 is 2.50 bits per heavy atom. The van der Waals surface area contributed by atoms with E-state index in [1.54, 1.807) is 37.6 Å². The summed E-state index contributed by atoms with van der Waals surface area (Å²) < 4.78 is 14.9. The molecule has 0 bridgehead atoms. The van der Waals surface area contributed by atoms with Gasteiger partial charge in [-0.05, 0) is 29.2 Å². The predicted octanol–water partition coefficient (Wildman–Crippen LogP) is 5.16. The van der Waals surface area contributed by atoms with Crippen LogP contribution >= 0.6 is 11.3 Å². The first-order valence-electron chi connectivity index (χ1n) is 10.8. The molecule has 0 aliphatic heterocycles. The number of nitrogens with one attached hydrogen (secondary N) is 2. The number of thiazole rings is 1. The van der Waals surface area contributed by atoms with Crippen molar-refractivity contribution in [2.24, 2.45) is 10.8 Å². The van der Waals surface area contributed by atoms with Crippen molar-refractivity contribution in [3.63, 3.8) is 0 Å². The van der Waals surface area contributed by atoms with Crippen molar-refractivity contribution in [1.29, 1.82) is 0 Å². The Bertz CT molecular complexity index is 1180. The van der Waals surface area contributed by atoms with Gasteiger partial charge in [0.25, 0.3) is 11.8 Å². The molecular weight excluding hydrogens is 457 g/mol. The van der Waals surface area contributed by atoms with Crippen molar-refractivity contribution < 1.29 is 23.9 Å². The molecule has 1 atom stereocenters. The van der Waals surface area contributed by atoms with Gasteiger partial charge in [0, 0.05) is 40.6 Å². The lowest BCUT2D eigenvalue weighted by atomic mass is 9.69. The summed E-state index contributed by atoms with van der Waals surface area (Å²) in [5, 5.41) is 17.1. The number of amides is 2. The average molecular weight is 486 g/mol. The molecular formula is C25H28FN3O4S. The van der Waals surface area contributed by atoms with Crippen molar-refractivity contribution in [3.8, 4) is 0 Å². The first-order chi connectivity index (χ1) is 15.8. The van der Waals surface area contributed by atoms with Gasteiger partial charge in [-0.3, -0.25) is 14.9 Å². The minimum Gasteiger partial charge on any atom is -0.478 e. The molecule has 2 aromatic rings. The van der Waals surface area contributed by atoms with Gasteiger partial charge in [-0.1, -0.05) is 46.8 Å². The topological polar surface area (TPSA) is 108 Å². The van der Waals surface area contributed by atoms with E-state index in [-0.39, 0.29) is 28.0 Å². The van der Waals surface area contributed by atoms with Crippen LogP contribution in [0.3, 0.4) is 0 Å². The van der Waals surface area contributed by atoms with Crippen LogP contribution in [0.4, 0.5) is 9.52 Å². The third-order valence-corrected chi connectivity index (χ3v) is 6.28. The molecule has 180 valence electrons. The lowest BCUT2D eigenvalue weighted by Crippen LogP contribution is -2.33. The summed E-state index contributed by atoms with van der Waals surface area (Å²) >= 11 is 1.23. The third-order valence-electron chi connectivity index (χ3n) is 5.60. The zero-order valence-electron chi connectivity index (χ0n) is 19.7. The van der Waals surface area contributed by atoms with E-state index in [0.29, 0.717) is 17.2 Å². The lowest BCUT2D eigenvalue weighted by molar-refractivity contribution is -0.132. The summed E-state index contributed by atoms with van der Waals surface area (Å²) in [5.74, 6) is -3.49. The Kier molecular flexibility index (Phi) is 7.07. The summed E-state index contributed by atoms with van der Waals surface area (Å²) in [6.07, 6.45) is 3.99. The van der Waals surface area contributed by atoms with Gasteiger partial charge in [0.2, 0.25) is 0 Å². The van der Waals surface area contributed by atoms with Gasteiger partial charge in [-0.25, -0.2) is 14.2 Å². The normalized spacial score (nSPS) is 17.4. The Morgan fingerprint density at radius 2 is 1.91 bits per heavy atom. The van der Waals surface area contributed by atoms with Crippen LogP contribution in [-0.4, -0.2) is 34.4 Å². The van der Waals surface area contributed by atoms with Crippen molar-refractivity contribution in [2.45, 2.75) is 40.5 Å². The van der Waals surface area contributed by atoms with E-state index in [4.69, 9.17) is 0 Å². The maximum absolute atomic E-state index is 14.9. The molecule has 7 nitrogen and oxygen atoms in total. The molecule has 0 saturated heterocycles. The second kappa shape index (κ2) is 9.50. The van der Waals surface area contributed by atoms with E-state index in [9.17, 15) is 23.9 Å². The molecule has 1 heterocycles. The number of aliphatic carboxylic acids is 1. The van der Waals surface area contributed by atoms with Crippen LogP contribution in [0.25, 0.3) is 0 Å². The van der Waals surface area contributed by atoms with Gasteiger partial charge in [-0.15, -0.1) is 11.3 Å². The first kappa shape index (κ1) is 25.3. The quantitative estimate of drug-likeness (QED) is 0.524. The molecule has 0 fully saturated rings. The van der Waals surface area contributed by atoms with Gasteiger partial charge in [0.05, 0.1) is 5.57 Å². The van der Waals surface area contributed by atoms with Crippen molar-refractivity contribution in [1.82, 2.24) is 10.3 Å². The summed E-state index contributed by atoms with van der Waals surface area (Å²) in [6.45, 7) is 9.69. The van der Waals surface area contributed by atoms with E-state index in [1.165, 1.54) is 23.5 Å². The summed E-state index contributed by atoms with van der Waals surface area (Å²) in [4.78, 5) is 41.7. The molecule has 1 aliphatic carbocycles. The summed E-state index contributed by atoms with van der Waals surface area (Å²) in [5.41, 5.74) is -0.606. The fraction of sp³-hybridized carbons (Fsp3) is 0.360. The van der Waals surface area contributed by atoms with Gasteiger partial charge >= 0.3 is 5.97 Å². The van der Waals surface area contributed by atoms with E-state index in [1.807, 2.05) is 20.8 Å². The largest absolute Gasteiger partial charge is 0.478 e. The molecule has 3 rings (SSSR count). The number of carbonyl (C=O) groups excluding carboxylic acids is 2. The minimum absolute atomic E-state index is 0.130. The molecule has 1 aromatic heterocycles. The SMILES string of the molecule is CC(C)(C)CNC(=O)c1ccc(C2C=C(C(=O)O)C=C(F)C2(C)C)c(C(=O)Nc2nccs2)c1. The lowest BCUT2D eigenvalue weighted by Gasteiger charge is -2.35. The van der Waals surface area contributed by atoms with E-state index < -0.39 is 29.0 Å². The number of carboxylic acids is 1. The Balaban J connectivity index is 2.08. The average Bonchev–Trinajstić information content (AvgIpc) is 3.25. The molecule has 1 aliphatic rings. The number of halogens is 1. The maximum Gasteiger partial charge on any atom is 0.335 e. The number of carbonyl (C=O) groups is 3. The van der Waals surface area contributed by atoms with Crippen LogP contribution in [0.15, 0.2) is 53.3 Å². The molecule has 0 saturated carbocycles. The van der Waals surface area contributed by atoms with Crippen LogP contribution < -0.4 is 10.6 Å². The first-order valence-corrected chi connectivity index (χ1v) is 11.6. The molecule has 1 aromatic carbocycles. The molecule has 1 unspecified atom stereocenters. The number of nitrogens with zero attached hydrogens (tertiary/aromatic N) is 1. The molecule has 3 N–H and O–H groups in total. The summed E-state index contributed by atoms with van der Waals surface area (Å²) in [7, 11) is 0. The Hall–Kier alpha value is -3.33. The Labute approximate surface area is 201 Å². The van der Waals surface area contributed by atoms with Gasteiger partial charge in [-0.2, -0.15) is 0 Å². The monoisotopic (exact) mass is 485 g/mol. The maximum atomic E-state index is 14.9. The third kappa shape index (κ3) is 5.59. The standard InChI is InChI=1S/C25H28FN3O4S/c1-24(2,3)13-28-20(30)14-6-7-16(17(10-14)21(31)29-23-27-8-9-34-23)18-11-15(22(32)33)12-19(26)25(18,4)5/h6-12,18H,13H2,1-5H3,(H,28,30)(H,32,33)(H,27,29,31). The van der Waals surface area contributed by atoms with Crippen LogP contribution in [0.2, 0.25) is 0 Å². The van der Waals surface area contributed by atoms with Crippen LogP contribution in [-0.2, 0) is 4.79 Å². The van der Waals surface area contributed by atoms with Gasteiger partial charge < -0.3 is 10.4 Å². The number of allylic oxidation sites excluding steroid dienone is 2. The molecule has 0 radical (unpaired) electrons. The molecule has 0 spiro atoms. The number of rotatable bonds is 6. The molecule has 9 heteroatoms. The number of benzene rings is 1. The highest BCUT2D eigenvalue weighted by molar-refractivity contribution is 7.13.